The molecule has 0 saturated heterocycles. The minimum atomic E-state index is -0.365. The van der Waals surface area contributed by atoms with Crippen molar-refractivity contribution in [1.82, 2.24) is 0 Å². The minimum absolute atomic E-state index is 0.0167. The van der Waals surface area contributed by atoms with E-state index in [1.54, 1.807) is 13.2 Å². The summed E-state index contributed by atoms with van der Waals surface area (Å²) in [4.78, 5) is 11.9. The van der Waals surface area contributed by atoms with Crippen LogP contribution in [-0.4, -0.2) is 36.8 Å². The van der Waals surface area contributed by atoms with Gasteiger partial charge in [-0.2, -0.15) is 0 Å². The molecule has 0 aromatic heterocycles. The largest absolute Gasteiger partial charge is 0.507 e. The van der Waals surface area contributed by atoms with Gasteiger partial charge < -0.3 is 19.3 Å². The van der Waals surface area contributed by atoms with Crippen molar-refractivity contribution in [3.8, 4) is 17.2 Å². The summed E-state index contributed by atoms with van der Waals surface area (Å²) in [5, 5.41) is 10.5. The lowest BCUT2D eigenvalue weighted by Crippen LogP contribution is -2.47. The number of hydrogen-bond donors (Lipinski definition) is 1. The molecule has 1 N–H and O–H groups in total. The number of carbonyl (C=O) groups excluding carboxylic acids is 1. The Morgan fingerprint density at radius 1 is 1.35 bits per heavy atom. The molecule has 0 spiro atoms. The highest BCUT2D eigenvalue weighted by atomic mass is 16.5. The van der Waals surface area contributed by atoms with E-state index in [0.717, 1.165) is 12.0 Å². The molecule has 3 rings (SSSR count). The maximum atomic E-state index is 11.9. The summed E-state index contributed by atoms with van der Waals surface area (Å²) in [5.74, 6) is 1.83. The van der Waals surface area contributed by atoms with E-state index in [1.165, 1.54) is 0 Å². The van der Waals surface area contributed by atoms with Crippen LogP contribution < -0.4 is 9.47 Å². The predicted octanol–water partition coefficient (Wildman–Crippen LogP) is 3.04. The van der Waals surface area contributed by atoms with E-state index in [1.807, 2.05) is 6.07 Å². The minimum Gasteiger partial charge on any atom is -0.507 e. The van der Waals surface area contributed by atoms with Gasteiger partial charge in [-0.3, -0.25) is 4.79 Å². The van der Waals surface area contributed by atoms with Gasteiger partial charge in [0.05, 0.1) is 6.61 Å². The molecule has 0 radical (unpaired) electrons. The summed E-state index contributed by atoms with van der Waals surface area (Å²) in [5.41, 5.74) is 0.386. The lowest BCUT2D eigenvalue weighted by molar-refractivity contribution is -0.124. The number of ketones is 1. The Morgan fingerprint density at radius 3 is 2.87 bits per heavy atom. The van der Waals surface area contributed by atoms with E-state index < -0.39 is 0 Å². The van der Waals surface area contributed by atoms with E-state index >= 15 is 0 Å². The number of phenolic OH excluding ortho intramolecular Hbond substituents is 1. The topological polar surface area (TPSA) is 65.0 Å². The smallest absolute Gasteiger partial charge is 0.133 e. The zero-order valence-electron chi connectivity index (χ0n) is 13.9. The summed E-state index contributed by atoms with van der Waals surface area (Å²) in [7, 11) is 1.61. The summed E-state index contributed by atoms with van der Waals surface area (Å²) < 4.78 is 16.7. The van der Waals surface area contributed by atoms with Crippen LogP contribution in [0, 0.1) is 5.92 Å². The fourth-order valence-electron chi connectivity index (χ4n) is 3.87. The average Bonchev–Trinajstić information content (AvgIpc) is 2.46. The number of hydrogen-bond acceptors (Lipinski definition) is 5. The van der Waals surface area contributed by atoms with Gasteiger partial charge in [0.25, 0.3) is 0 Å². The van der Waals surface area contributed by atoms with Crippen LogP contribution in [-0.2, 0) is 9.53 Å². The standard InChI is InChI=1S/C18H24O5/c1-18(2)14-5-4-11(19)8-13(14)17-15(20)9-12(10-16(17)23-18)22-7-6-21-3/h9-10,13-14,20H,4-8H2,1-3H3/t13?,14-/m1/s1. The Labute approximate surface area is 136 Å². The van der Waals surface area contributed by atoms with Crippen molar-refractivity contribution in [2.45, 2.75) is 44.6 Å². The number of aromatic hydroxyl groups is 1. The van der Waals surface area contributed by atoms with E-state index in [4.69, 9.17) is 14.2 Å². The zero-order valence-corrected chi connectivity index (χ0v) is 13.9. The van der Waals surface area contributed by atoms with Crippen LogP contribution in [0.3, 0.4) is 0 Å². The molecular weight excluding hydrogens is 296 g/mol. The Balaban J connectivity index is 1.96. The molecule has 2 aliphatic rings. The monoisotopic (exact) mass is 320 g/mol. The van der Waals surface area contributed by atoms with Crippen molar-refractivity contribution in [1.29, 1.82) is 0 Å². The molecule has 126 valence electrons. The van der Waals surface area contributed by atoms with Gasteiger partial charge in [0, 0.05) is 49.5 Å². The lowest BCUT2D eigenvalue weighted by Gasteiger charge is -2.47. The van der Waals surface area contributed by atoms with E-state index in [9.17, 15) is 9.90 Å². The van der Waals surface area contributed by atoms with Gasteiger partial charge in [-0.05, 0) is 20.3 Å². The Hall–Kier alpha value is -1.75. The fourth-order valence-corrected chi connectivity index (χ4v) is 3.87. The number of carbonyl (C=O) groups is 1. The van der Waals surface area contributed by atoms with Gasteiger partial charge in [0.2, 0.25) is 0 Å². The van der Waals surface area contributed by atoms with Gasteiger partial charge in [0.1, 0.15) is 35.2 Å². The second-order valence-electron chi connectivity index (χ2n) is 6.90. The van der Waals surface area contributed by atoms with Gasteiger partial charge in [-0.25, -0.2) is 0 Å². The summed E-state index contributed by atoms with van der Waals surface area (Å²) in [6.07, 6.45) is 1.88. The molecule has 1 unspecified atom stereocenters. The molecule has 2 atom stereocenters. The van der Waals surface area contributed by atoms with E-state index in [0.29, 0.717) is 37.6 Å². The first-order valence-electron chi connectivity index (χ1n) is 8.11. The van der Waals surface area contributed by atoms with Gasteiger partial charge in [-0.15, -0.1) is 0 Å². The highest BCUT2D eigenvalue weighted by molar-refractivity contribution is 5.81. The third-order valence-electron chi connectivity index (χ3n) is 4.95. The van der Waals surface area contributed by atoms with Gasteiger partial charge in [0.15, 0.2) is 0 Å². The molecule has 23 heavy (non-hydrogen) atoms. The molecule has 1 heterocycles. The highest BCUT2D eigenvalue weighted by Gasteiger charge is 2.47. The number of phenols is 1. The van der Waals surface area contributed by atoms with Crippen molar-refractivity contribution in [3.05, 3.63) is 17.7 Å². The van der Waals surface area contributed by atoms with E-state index in [2.05, 4.69) is 13.8 Å². The molecule has 0 bridgehead atoms. The fraction of sp³-hybridized carbons (Fsp3) is 0.611. The molecule has 1 aliphatic carbocycles. The number of rotatable bonds is 4. The summed E-state index contributed by atoms with van der Waals surface area (Å²) in [6.45, 7) is 4.99. The molecule has 1 aromatic rings. The van der Waals surface area contributed by atoms with Crippen molar-refractivity contribution < 1.29 is 24.1 Å². The second-order valence-corrected chi connectivity index (χ2v) is 6.90. The van der Waals surface area contributed by atoms with Crippen molar-refractivity contribution >= 4 is 5.78 Å². The Kier molecular flexibility index (Phi) is 4.23. The maximum Gasteiger partial charge on any atom is 0.133 e. The highest BCUT2D eigenvalue weighted by Crippen LogP contribution is 2.54. The molecular formula is C18H24O5. The third kappa shape index (κ3) is 3.02. The molecule has 1 aromatic carbocycles. The third-order valence-corrected chi connectivity index (χ3v) is 4.95. The quantitative estimate of drug-likeness (QED) is 0.864. The Bertz CT molecular complexity index is 608. The van der Waals surface area contributed by atoms with Crippen LogP contribution in [0.5, 0.6) is 17.2 Å². The number of Topliss-reactive ketones (excluding diaryl/α,β-unsaturated/α-hetero) is 1. The van der Waals surface area contributed by atoms with E-state index in [-0.39, 0.29) is 29.0 Å². The molecule has 1 aliphatic heterocycles. The van der Waals surface area contributed by atoms with Crippen LogP contribution in [0.2, 0.25) is 0 Å². The molecule has 5 nitrogen and oxygen atoms in total. The molecule has 0 amide bonds. The van der Waals surface area contributed by atoms with Crippen LogP contribution >= 0.6 is 0 Å². The SMILES string of the molecule is COCCOc1cc(O)c2c(c1)OC(C)(C)[C@@H]1CCC(=O)CC21. The summed E-state index contributed by atoms with van der Waals surface area (Å²) in [6, 6.07) is 3.41. The first-order valence-corrected chi connectivity index (χ1v) is 8.11. The number of ether oxygens (including phenoxy) is 3. The first-order chi connectivity index (χ1) is 10.9. The Morgan fingerprint density at radius 2 is 2.13 bits per heavy atom. The summed E-state index contributed by atoms with van der Waals surface area (Å²) >= 11 is 0. The number of fused-ring (bicyclic) bond motifs is 3. The maximum absolute atomic E-state index is 11.9. The normalized spacial score (nSPS) is 25.3. The van der Waals surface area contributed by atoms with Crippen molar-refractivity contribution in [3.63, 3.8) is 0 Å². The lowest BCUT2D eigenvalue weighted by atomic mass is 9.66. The molecule has 5 heteroatoms. The van der Waals surface area contributed by atoms with Crippen LogP contribution in [0.4, 0.5) is 0 Å². The van der Waals surface area contributed by atoms with Crippen molar-refractivity contribution in [2.75, 3.05) is 20.3 Å². The molecule has 1 fully saturated rings. The predicted molar refractivity (Wildman–Crippen MR) is 85.3 cm³/mol. The van der Waals surface area contributed by atoms with Crippen LogP contribution in [0.1, 0.15) is 44.6 Å². The van der Waals surface area contributed by atoms with Crippen molar-refractivity contribution in [2.24, 2.45) is 5.92 Å². The first kappa shape index (κ1) is 16.1. The number of benzene rings is 1. The van der Waals surface area contributed by atoms with Gasteiger partial charge in [-0.1, -0.05) is 0 Å². The average molecular weight is 320 g/mol. The molecule has 1 saturated carbocycles. The van der Waals surface area contributed by atoms with Crippen LogP contribution in [0.25, 0.3) is 0 Å². The van der Waals surface area contributed by atoms with Crippen LogP contribution in [0.15, 0.2) is 12.1 Å². The zero-order chi connectivity index (χ0) is 16.6. The number of methoxy groups -OCH3 is 1. The van der Waals surface area contributed by atoms with Gasteiger partial charge >= 0.3 is 0 Å². The second kappa shape index (κ2) is 6.04.